The molecule has 1 atom stereocenters. The first-order chi connectivity index (χ1) is 18.6. The summed E-state index contributed by atoms with van der Waals surface area (Å²) in [6, 6.07) is 23.3. The zero-order valence-corrected chi connectivity index (χ0v) is 25.0. The highest BCUT2D eigenvalue weighted by atomic mass is 79.9. The van der Waals surface area contributed by atoms with Crippen molar-refractivity contribution in [1.29, 1.82) is 0 Å². The van der Waals surface area contributed by atoms with Crippen LogP contribution in [-0.2, 0) is 39.0 Å². The highest BCUT2D eigenvalue weighted by Gasteiger charge is 2.32. The molecule has 0 saturated carbocycles. The Morgan fingerprint density at radius 3 is 2.05 bits per heavy atom. The van der Waals surface area contributed by atoms with Crippen molar-refractivity contribution >= 4 is 43.5 Å². The molecule has 0 aromatic heterocycles. The van der Waals surface area contributed by atoms with Gasteiger partial charge in [-0.3, -0.25) is 13.9 Å². The van der Waals surface area contributed by atoms with Crippen LogP contribution in [-0.4, -0.2) is 50.5 Å². The first kappa shape index (κ1) is 30.4. The van der Waals surface area contributed by atoms with Crippen LogP contribution in [0.2, 0.25) is 0 Å². The molecule has 0 unspecified atom stereocenters. The molecule has 0 aliphatic carbocycles. The zero-order valence-electron chi connectivity index (χ0n) is 22.6. The maximum Gasteiger partial charge on any atom is 0.244 e. The Bertz CT molecular complexity index is 1330. The van der Waals surface area contributed by atoms with Crippen LogP contribution in [0, 0.1) is 0 Å². The molecule has 0 bridgehead atoms. The van der Waals surface area contributed by atoms with E-state index in [0.717, 1.165) is 44.6 Å². The molecular weight excluding hydrogens is 578 g/mol. The number of hydrogen-bond acceptors (Lipinski definition) is 4. The number of anilines is 1. The monoisotopic (exact) mass is 613 g/mol. The van der Waals surface area contributed by atoms with E-state index in [2.05, 4.69) is 21.2 Å². The van der Waals surface area contributed by atoms with Crippen LogP contribution in [0.1, 0.15) is 37.0 Å². The second kappa shape index (κ2) is 14.3. The van der Waals surface area contributed by atoms with Crippen LogP contribution in [0.25, 0.3) is 0 Å². The topological polar surface area (TPSA) is 86.8 Å². The Morgan fingerprint density at radius 1 is 0.872 bits per heavy atom. The van der Waals surface area contributed by atoms with Crippen LogP contribution < -0.4 is 9.62 Å². The number of nitrogens with zero attached hydrogens (tertiary/aromatic N) is 2. The fourth-order valence-electron chi connectivity index (χ4n) is 4.22. The number of hydrogen-bond donors (Lipinski definition) is 1. The van der Waals surface area contributed by atoms with E-state index in [-0.39, 0.29) is 12.5 Å². The molecule has 7 nitrogen and oxygen atoms in total. The van der Waals surface area contributed by atoms with Gasteiger partial charge in [-0.05, 0) is 53.8 Å². The SMILES string of the molecule is CCCNC(=O)[C@H](Cc1ccccc1)N(Cc1ccc(Br)cc1)C(=O)CN(c1ccc(CC)cc1)S(C)(=O)=O. The third-order valence-corrected chi connectivity index (χ3v) is 8.07. The molecule has 0 fully saturated rings. The Kier molecular flexibility index (Phi) is 11.1. The summed E-state index contributed by atoms with van der Waals surface area (Å²) in [4.78, 5) is 29.0. The number of halogens is 1. The Morgan fingerprint density at radius 2 is 1.49 bits per heavy atom. The van der Waals surface area contributed by atoms with Crippen molar-refractivity contribution in [1.82, 2.24) is 10.2 Å². The van der Waals surface area contributed by atoms with E-state index in [1.54, 1.807) is 12.1 Å². The van der Waals surface area contributed by atoms with E-state index in [0.29, 0.717) is 18.7 Å². The number of carbonyl (C=O) groups is 2. The van der Waals surface area contributed by atoms with Crippen molar-refractivity contribution in [2.75, 3.05) is 23.7 Å². The van der Waals surface area contributed by atoms with Crippen molar-refractivity contribution in [3.8, 4) is 0 Å². The van der Waals surface area contributed by atoms with Gasteiger partial charge in [-0.15, -0.1) is 0 Å². The van der Waals surface area contributed by atoms with E-state index < -0.39 is 28.5 Å². The normalized spacial score (nSPS) is 12.0. The number of carbonyl (C=O) groups excluding carboxylic acids is 2. The Labute approximate surface area is 240 Å². The molecule has 0 radical (unpaired) electrons. The molecule has 0 heterocycles. The largest absolute Gasteiger partial charge is 0.354 e. The molecule has 208 valence electrons. The summed E-state index contributed by atoms with van der Waals surface area (Å²) in [5, 5.41) is 2.94. The highest BCUT2D eigenvalue weighted by molar-refractivity contribution is 9.10. The van der Waals surface area contributed by atoms with Gasteiger partial charge in [-0.2, -0.15) is 0 Å². The summed E-state index contributed by atoms with van der Waals surface area (Å²) in [6.45, 7) is 4.18. The average molecular weight is 615 g/mol. The lowest BCUT2D eigenvalue weighted by Crippen LogP contribution is -2.53. The van der Waals surface area contributed by atoms with Crippen LogP contribution in [0.5, 0.6) is 0 Å². The molecule has 3 aromatic rings. The zero-order chi connectivity index (χ0) is 28.4. The third kappa shape index (κ3) is 8.93. The fraction of sp³-hybridized carbons (Fsp3) is 0.333. The molecule has 3 aromatic carbocycles. The van der Waals surface area contributed by atoms with E-state index in [1.807, 2.05) is 80.6 Å². The molecule has 1 N–H and O–H groups in total. The van der Waals surface area contributed by atoms with Gasteiger partial charge >= 0.3 is 0 Å². The molecule has 39 heavy (non-hydrogen) atoms. The predicted molar refractivity (Wildman–Crippen MR) is 160 cm³/mol. The maximum atomic E-state index is 14.0. The molecule has 9 heteroatoms. The lowest BCUT2D eigenvalue weighted by Gasteiger charge is -2.33. The van der Waals surface area contributed by atoms with Gasteiger partial charge in [0.05, 0.1) is 11.9 Å². The molecule has 0 spiro atoms. The minimum absolute atomic E-state index is 0.148. The van der Waals surface area contributed by atoms with Crippen molar-refractivity contribution in [3.05, 3.63) is 100 Å². The van der Waals surface area contributed by atoms with E-state index in [4.69, 9.17) is 0 Å². The van der Waals surface area contributed by atoms with Gasteiger partial charge in [0.25, 0.3) is 0 Å². The molecule has 0 aliphatic heterocycles. The maximum absolute atomic E-state index is 14.0. The van der Waals surface area contributed by atoms with Crippen LogP contribution in [0.15, 0.2) is 83.3 Å². The highest BCUT2D eigenvalue weighted by Crippen LogP contribution is 2.22. The second-order valence-corrected chi connectivity index (χ2v) is 12.3. The Hall–Kier alpha value is -3.17. The first-order valence-corrected chi connectivity index (χ1v) is 15.7. The van der Waals surface area contributed by atoms with Crippen molar-refractivity contribution in [3.63, 3.8) is 0 Å². The van der Waals surface area contributed by atoms with Crippen LogP contribution in [0.4, 0.5) is 5.69 Å². The summed E-state index contributed by atoms with van der Waals surface area (Å²) in [7, 11) is -3.78. The standard InChI is InChI=1S/C30H36BrN3O4S/c1-4-19-32-30(36)28(20-24-9-7-6-8-10-24)33(21-25-11-15-26(31)16-12-25)29(35)22-34(39(3,37)38)27-17-13-23(5-2)14-18-27/h6-18,28H,4-5,19-22H2,1-3H3,(H,32,36)/t28-/m0/s1. The molecular formula is C30H36BrN3O4S. The Balaban J connectivity index is 2.02. The van der Waals surface area contributed by atoms with E-state index >= 15 is 0 Å². The van der Waals surface area contributed by atoms with Crippen LogP contribution in [0.3, 0.4) is 0 Å². The third-order valence-electron chi connectivity index (χ3n) is 6.40. The second-order valence-electron chi connectivity index (χ2n) is 9.43. The number of aryl methyl sites for hydroxylation is 1. The molecule has 0 saturated heterocycles. The van der Waals surface area contributed by atoms with Gasteiger partial charge in [-0.1, -0.05) is 84.4 Å². The van der Waals surface area contributed by atoms with E-state index in [1.165, 1.54) is 4.90 Å². The fourth-order valence-corrected chi connectivity index (χ4v) is 5.33. The van der Waals surface area contributed by atoms with Gasteiger partial charge in [0.1, 0.15) is 12.6 Å². The summed E-state index contributed by atoms with van der Waals surface area (Å²) >= 11 is 3.44. The van der Waals surface area contributed by atoms with E-state index in [9.17, 15) is 18.0 Å². The van der Waals surface area contributed by atoms with Gasteiger partial charge in [0.2, 0.25) is 21.8 Å². The lowest BCUT2D eigenvalue weighted by molar-refractivity contribution is -0.140. The summed E-state index contributed by atoms with van der Waals surface area (Å²) in [5.41, 5.74) is 3.19. The van der Waals surface area contributed by atoms with Crippen molar-refractivity contribution < 1.29 is 18.0 Å². The smallest absolute Gasteiger partial charge is 0.244 e. The lowest BCUT2D eigenvalue weighted by atomic mass is 10.0. The minimum Gasteiger partial charge on any atom is -0.354 e. The molecule has 0 aliphatic rings. The van der Waals surface area contributed by atoms with Gasteiger partial charge in [-0.25, -0.2) is 8.42 Å². The van der Waals surface area contributed by atoms with Crippen molar-refractivity contribution in [2.45, 2.75) is 45.7 Å². The van der Waals surface area contributed by atoms with Gasteiger partial charge in [0, 0.05) is 24.0 Å². The van der Waals surface area contributed by atoms with Gasteiger partial charge < -0.3 is 10.2 Å². The molecule has 3 rings (SSSR count). The average Bonchev–Trinajstić information content (AvgIpc) is 2.93. The quantitative estimate of drug-likeness (QED) is 0.296. The number of rotatable bonds is 13. The number of sulfonamides is 1. The number of benzene rings is 3. The number of nitrogens with one attached hydrogen (secondary N) is 1. The summed E-state index contributed by atoms with van der Waals surface area (Å²) in [6.07, 6.45) is 2.94. The van der Waals surface area contributed by atoms with Crippen molar-refractivity contribution in [2.24, 2.45) is 0 Å². The predicted octanol–water partition coefficient (Wildman–Crippen LogP) is 4.94. The first-order valence-electron chi connectivity index (χ1n) is 13.0. The van der Waals surface area contributed by atoms with Crippen LogP contribution >= 0.6 is 15.9 Å². The number of amides is 2. The minimum atomic E-state index is -3.78. The summed E-state index contributed by atoms with van der Waals surface area (Å²) < 4.78 is 27.7. The molecule has 2 amide bonds. The summed E-state index contributed by atoms with van der Waals surface area (Å²) in [5.74, 6) is -0.736. The van der Waals surface area contributed by atoms with Gasteiger partial charge in [0.15, 0.2) is 0 Å².